The Bertz CT molecular complexity index is 837. The van der Waals surface area contributed by atoms with Gasteiger partial charge in [-0.3, -0.25) is 15.0 Å². The summed E-state index contributed by atoms with van der Waals surface area (Å²) in [6.45, 7) is 1.41. The van der Waals surface area contributed by atoms with Gasteiger partial charge in [-0.2, -0.15) is 5.01 Å². The second-order valence-electron chi connectivity index (χ2n) is 7.07. The highest BCUT2D eigenvalue weighted by molar-refractivity contribution is 6.36. The summed E-state index contributed by atoms with van der Waals surface area (Å²) in [6, 6.07) is 3.51. The summed E-state index contributed by atoms with van der Waals surface area (Å²) in [4.78, 5) is 48.9. The molecular formula is C18H19Cl2N3O5. The molecule has 10 heteroatoms. The zero-order valence-corrected chi connectivity index (χ0v) is 16.6. The minimum atomic E-state index is -0.968. The van der Waals surface area contributed by atoms with Crippen molar-refractivity contribution in [3.05, 3.63) is 33.8 Å². The summed E-state index contributed by atoms with van der Waals surface area (Å²) < 4.78 is 4.89. The fourth-order valence-corrected chi connectivity index (χ4v) is 3.82. The summed E-state index contributed by atoms with van der Waals surface area (Å²) in [6.07, 6.45) is 2.67. The van der Waals surface area contributed by atoms with Gasteiger partial charge in [-0.15, -0.1) is 0 Å². The molecule has 1 spiro atoms. The normalized spacial score (nSPS) is 24.2. The van der Waals surface area contributed by atoms with E-state index in [1.54, 1.807) is 0 Å². The Morgan fingerprint density at radius 2 is 1.96 bits per heavy atom. The predicted octanol–water partition coefficient (Wildman–Crippen LogP) is 2.68. The van der Waals surface area contributed by atoms with E-state index in [1.807, 2.05) is 0 Å². The van der Waals surface area contributed by atoms with Gasteiger partial charge >= 0.3 is 12.0 Å². The molecule has 1 saturated heterocycles. The van der Waals surface area contributed by atoms with Crippen molar-refractivity contribution in [2.75, 3.05) is 6.61 Å². The second kappa shape index (κ2) is 7.97. The van der Waals surface area contributed by atoms with E-state index in [9.17, 15) is 19.2 Å². The van der Waals surface area contributed by atoms with Crippen molar-refractivity contribution in [3.63, 3.8) is 0 Å². The molecule has 0 bridgehead atoms. The SMILES string of the molecule is CC1CCC2(CC1)NC(=O)N(NC(=O)COC(=O)c1ccc(Cl)cc1Cl)C2=O. The molecule has 0 atom stereocenters. The van der Waals surface area contributed by atoms with Gasteiger partial charge in [0.1, 0.15) is 5.54 Å². The molecule has 1 heterocycles. The molecule has 2 fully saturated rings. The molecular weight excluding hydrogens is 409 g/mol. The number of imide groups is 1. The van der Waals surface area contributed by atoms with E-state index in [0.29, 0.717) is 28.8 Å². The average Bonchev–Trinajstić information content (AvgIpc) is 2.86. The molecule has 1 aromatic rings. The maximum Gasteiger partial charge on any atom is 0.344 e. The van der Waals surface area contributed by atoms with Gasteiger partial charge in [0.25, 0.3) is 11.8 Å². The molecule has 150 valence electrons. The van der Waals surface area contributed by atoms with Crippen LogP contribution in [0.5, 0.6) is 0 Å². The zero-order valence-electron chi connectivity index (χ0n) is 15.1. The third-order valence-electron chi connectivity index (χ3n) is 5.01. The highest BCUT2D eigenvalue weighted by Crippen LogP contribution is 2.35. The summed E-state index contributed by atoms with van der Waals surface area (Å²) in [5.41, 5.74) is 1.27. The van der Waals surface area contributed by atoms with Crippen LogP contribution in [-0.4, -0.2) is 41.0 Å². The van der Waals surface area contributed by atoms with Crippen molar-refractivity contribution in [2.45, 2.75) is 38.1 Å². The van der Waals surface area contributed by atoms with Gasteiger partial charge in [-0.05, 0) is 49.8 Å². The fourth-order valence-electron chi connectivity index (χ4n) is 3.34. The van der Waals surface area contributed by atoms with Gasteiger partial charge in [0.05, 0.1) is 10.6 Å². The third-order valence-corrected chi connectivity index (χ3v) is 5.56. The topological polar surface area (TPSA) is 105 Å². The molecule has 4 amide bonds. The van der Waals surface area contributed by atoms with E-state index in [-0.39, 0.29) is 10.6 Å². The first-order valence-corrected chi connectivity index (χ1v) is 9.56. The van der Waals surface area contributed by atoms with Crippen LogP contribution in [0.25, 0.3) is 0 Å². The Balaban J connectivity index is 1.57. The van der Waals surface area contributed by atoms with Crippen molar-refractivity contribution in [1.29, 1.82) is 0 Å². The van der Waals surface area contributed by atoms with Crippen LogP contribution < -0.4 is 10.7 Å². The van der Waals surface area contributed by atoms with E-state index in [2.05, 4.69) is 17.7 Å². The van der Waals surface area contributed by atoms with Crippen molar-refractivity contribution in [3.8, 4) is 0 Å². The number of esters is 1. The molecule has 1 saturated carbocycles. The van der Waals surface area contributed by atoms with Crippen molar-refractivity contribution in [2.24, 2.45) is 5.92 Å². The van der Waals surface area contributed by atoms with E-state index in [4.69, 9.17) is 27.9 Å². The molecule has 3 rings (SSSR count). The summed E-state index contributed by atoms with van der Waals surface area (Å²) in [7, 11) is 0. The monoisotopic (exact) mass is 427 g/mol. The van der Waals surface area contributed by atoms with Crippen LogP contribution in [0, 0.1) is 5.92 Å². The first kappa shape index (κ1) is 20.4. The Hall–Kier alpha value is -2.32. The Kier molecular flexibility index (Phi) is 5.81. The standard InChI is InChI=1S/C18H19Cl2N3O5/c1-10-4-6-18(7-5-10)16(26)23(17(27)21-18)22-14(24)9-28-15(25)12-3-2-11(19)8-13(12)20/h2-3,8,10H,4-7,9H2,1H3,(H,21,27)(H,22,24). The summed E-state index contributed by atoms with van der Waals surface area (Å²) >= 11 is 11.7. The van der Waals surface area contributed by atoms with Gasteiger partial charge in [0.15, 0.2) is 6.61 Å². The van der Waals surface area contributed by atoms with Crippen LogP contribution in [0.3, 0.4) is 0 Å². The number of nitrogens with one attached hydrogen (secondary N) is 2. The number of carbonyl (C=O) groups excluding carboxylic acids is 4. The van der Waals surface area contributed by atoms with E-state index < -0.39 is 36.0 Å². The maximum absolute atomic E-state index is 12.7. The molecule has 0 aromatic heterocycles. The lowest BCUT2D eigenvalue weighted by Crippen LogP contribution is -2.52. The highest BCUT2D eigenvalue weighted by atomic mass is 35.5. The first-order valence-electron chi connectivity index (χ1n) is 8.80. The molecule has 0 radical (unpaired) electrons. The first-order chi connectivity index (χ1) is 13.2. The summed E-state index contributed by atoms with van der Waals surface area (Å²) in [5, 5.41) is 3.77. The number of benzene rings is 1. The predicted molar refractivity (Wildman–Crippen MR) is 101 cm³/mol. The number of halogens is 2. The quantitative estimate of drug-likeness (QED) is 0.567. The van der Waals surface area contributed by atoms with Crippen molar-refractivity contribution >= 4 is 47.0 Å². The highest BCUT2D eigenvalue weighted by Gasteiger charge is 2.52. The minimum absolute atomic E-state index is 0.0455. The van der Waals surface area contributed by atoms with Crippen LogP contribution in [0.15, 0.2) is 18.2 Å². The number of hydrogen-bond donors (Lipinski definition) is 2. The molecule has 2 aliphatic rings. The Labute approximate surface area is 171 Å². The number of rotatable bonds is 4. The molecule has 0 unspecified atom stereocenters. The minimum Gasteiger partial charge on any atom is -0.452 e. The van der Waals surface area contributed by atoms with E-state index >= 15 is 0 Å². The average molecular weight is 428 g/mol. The fraction of sp³-hybridized carbons (Fsp3) is 0.444. The Morgan fingerprint density at radius 3 is 2.61 bits per heavy atom. The van der Waals surface area contributed by atoms with Gasteiger partial charge in [-0.1, -0.05) is 30.1 Å². The van der Waals surface area contributed by atoms with E-state index in [1.165, 1.54) is 18.2 Å². The number of hydrogen-bond acceptors (Lipinski definition) is 5. The van der Waals surface area contributed by atoms with Crippen LogP contribution >= 0.6 is 23.2 Å². The number of amides is 4. The zero-order chi connectivity index (χ0) is 20.5. The molecule has 8 nitrogen and oxygen atoms in total. The second-order valence-corrected chi connectivity index (χ2v) is 7.91. The lowest BCUT2D eigenvalue weighted by molar-refractivity contribution is -0.141. The number of nitrogens with zero attached hydrogens (tertiary/aromatic N) is 1. The van der Waals surface area contributed by atoms with Crippen LogP contribution in [0.4, 0.5) is 4.79 Å². The number of urea groups is 1. The lowest BCUT2D eigenvalue weighted by Gasteiger charge is -2.33. The third kappa shape index (κ3) is 4.07. The van der Waals surface area contributed by atoms with Gasteiger partial charge < -0.3 is 10.1 Å². The smallest absolute Gasteiger partial charge is 0.344 e. The summed E-state index contributed by atoms with van der Waals surface area (Å²) in [5.74, 6) is -1.65. The van der Waals surface area contributed by atoms with Crippen LogP contribution in [0.1, 0.15) is 43.0 Å². The molecule has 1 aromatic carbocycles. The van der Waals surface area contributed by atoms with Crippen LogP contribution in [-0.2, 0) is 14.3 Å². The van der Waals surface area contributed by atoms with Gasteiger partial charge in [-0.25, -0.2) is 9.59 Å². The number of ether oxygens (including phenoxy) is 1. The molecule has 28 heavy (non-hydrogen) atoms. The number of hydrazine groups is 1. The van der Waals surface area contributed by atoms with Crippen molar-refractivity contribution in [1.82, 2.24) is 15.8 Å². The largest absolute Gasteiger partial charge is 0.452 e. The Morgan fingerprint density at radius 1 is 1.29 bits per heavy atom. The van der Waals surface area contributed by atoms with Crippen molar-refractivity contribution < 1.29 is 23.9 Å². The number of carbonyl (C=O) groups is 4. The molecule has 1 aliphatic heterocycles. The van der Waals surface area contributed by atoms with E-state index in [0.717, 1.165) is 12.8 Å². The maximum atomic E-state index is 12.7. The van der Waals surface area contributed by atoms with Crippen LogP contribution in [0.2, 0.25) is 10.0 Å². The molecule has 1 aliphatic carbocycles. The lowest BCUT2D eigenvalue weighted by atomic mass is 9.77. The van der Waals surface area contributed by atoms with Gasteiger partial charge in [0.2, 0.25) is 0 Å². The molecule has 2 N–H and O–H groups in total. The van der Waals surface area contributed by atoms with Gasteiger partial charge in [0, 0.05) is 5.02 Å².